The number of aromatic nitrogens is 2. The molecule has 1 aromatic heterocycles. The molecule has 0 bridgehead atoms. The minimum Gasteiger partial charge on any atom is -0.338 e. The van der Waals surface area contributed by atoms with E-state index in [0.29, 0.717) is 43.0 Å². The number of benzene rings is 3. The summed E-state index contributed by atoms with van der Waals surface area (Å²) >= 11 is 24.8. The van der Waals surface area contributed by atoms with Crippen molar-refractivity contribution in [3.05, 3.63) is 80.8 Å². The van der Waals surface area contributed by atoms with Crippen molar-refractivity contribution in [2.45, 2.75) is 0 Å². The highest BCUT2D eigenvalue weighted by molar-refractivity contribution is 6.36. The monoisotopic (exact) mass is 469 g/mol. The molecule has 0 radical (unpaired) electrons. The third kappa shape index (κ3) is 4.29. The zero-order valence-electron chi connectivity index (χ0n) is 14.1. The molecule has 4 rings (SSSR count). The fraction of sp³-hybridized carbons (Fsp3) is 0. The molecule has 0 saturated heterocycles. The van der Waals surface area contributed by atoms with Crippen molar-refractivity contribution >= 4 is 81.2 Å². The van der Waals surface area contributed by atoms with Gasteiger partial charge < -0.3 is 5.32 Å². The summed E-state index contributed by atoms with van der Waals surface area (Å²) in [5.74, 6) is 1.09. The quantitative estimate of drug-likeness (QED) is 0.328. The largest absolute Gasteiger partial charge is 0.338 e. The predicted octanol–water partition coefficient (Wildman–Crippen LogP) is 8.08. The molecule has 142 valence electrons. The average Bonchev–Trinajstić information content (AvgIpc) is 2.64. The molecule has 28 heavy (non-hydrogen) atoms. The first kappa shape index (κ1) is 21.0. The van der Waals surface area contributed by atoms with Gasteiger partial charge in [-0.1, -0.05) is 58.5 Å². The number of fused-ring (bicyclic) bond motifs is 1. The lowest BCUT2D eigenvalue weighted by atomic mass is 10.1. The van der Waals surface area contributed by atoms with E-state index in [2.05, 4.69) is 15.3 Å². The van der Waals surface area contributed by atoms with Crippen molar-refractivity contribution in [3.8, 4) is 11.4 Å². The van der Waals surface area contributed by atoms with Crippen LogP contribution in [0, 0.1) is 0 Å². The Hall–Kier alpha value is -1.75. The van der Waals surface area contributed by atoms with E-state index >= 15 is 0 Å². The van der Waals surface area contributed by atoms with Gasteiger partial charge in [-0.2, -0.15) is 0 Å². The van der Waals surface area contributed by atoms with Crippen molar-refractivity contribution in [1.29, 1.82) is 0 Å². The van der Waals surface area contributed by atoms with Gasteiger partial charge in [0.25, 0.3) is 0 Å². The van der Waals surface area contributed by atoms with E-state index in [1.54, 1.807) is 36.4 Å². The Labute approximate surface area is 188 Å². The molecule has 4 aromatic rings. The van der Waals surface area contributed by atoms with Crippen molar-refractivity contribution in [2.75, 3.05) is 5.32 Å². The first-order valence-electron chi connectivity index (χ1n) is 7.95. The van der Waals surface area contributed by atoms with Crippen LogP contribution in [-0.4, -0.2) is 9.97 Å². The molecule has 1 N–H and O–H groups in total. The van der Waals surface area contributed by atoms with Gasteiger partial charge in [0, 0.05) is 21.0 Å². The summed E-state index contributed by atoms with van der Waals surface area (Å²) in [6.07, 6.45) is 0. The van der Waals surface area contributed by atoms with Crippen LogP contribution in [0.5, 0.6) is 0 Å². The number of halogens is 5. The molecule has 0 saturated carbocycles. The Morgan fingerprint density at radius 3 is 2.21 bits per heavy atom. The maximum atomic E-state index is 6.35. The number of para-hydroxylation sites is 1. The molecule has 3 nitrogen and oxygen atoms in total. The summed E-state index contributed by atoms with van der Waals surface area (Å²) in [4.78, 5) is 9.32. The van der Waals surface area contributed by atoms with Gasteiger partial charge in [-0.05, 0) is 48.5 Å². The van der Waals surface area contributed by atoms with Gasteiger partial charge in [0.1, 0.15) is 5.82 Å². The maximum Gasteiger partial charge on any atom is 0.163 e. The molecule has 0 spiro atoms. The molecule has 0 aliphatic rings. The van der Waals surface area contributed by atoms with Crippen LogP contribution in [0.15, 0.2) is 60.7 Å². The van der Waals surface area contributed by atoms with Gasteiger partial charge in [-0.25, -0.2) is 9.97 Å². The highest BCUT2D eigenvalue weighted by Gasteiger charge is 2.13. The summed E-state index contributed by atoms with van der Waals surface area (Å²) in [6.45, 7) is 0. The molecule has 8 heteroatoms. The Bertz CT molecular complexity index is 1160. The van der Waals surface area contributed by atoms with Gasteiger partial charge in [0.2, 0.25) is 0 Å². The number of nitrogens with one attached hydrogen (secondary N) is 1. The molecule has 0 unspecified atom stereocenters. The van der Waals surface area contributed by atoms with E-state index in [9.17, 15) is 0 Å². The van der Waals surface area contributed by atoms with Crippen LogP contribution in [0.3, 0.4) is 0 Å². The van der Waals surface area contributed by atoms with Crippen LogP contribution in [0.25, 0.3) is 22.3 Å². The van der Waals surface area contributed by atoms with Crippen LogP contribution in [0.1, 0.15) is 0 Å². The minimum absolute atomic E-state index is 0. The smallest absolute Gasteiger partial charge is 0.163 e. The lowest BCUT2D eigenvalue weighted by molar-refractivity contribution is 1.22. The number of hydrogen-bond acceptors (Lipinski definition) is 3. The summed E-state index contributed by atoms with van der Waals surface area (Å²) in [7, 11) is 0. The SMILES string of the molecule is Cl.Clc1ccc(-c2nc(Nc3cc(Cl)ccc3Cl)c3ccccc3n2)c(Cl)c1. The van der Waals surface area contributed by atoms with Gasteiger partial charge in [-0.15, -0.1) is 12.4 Å². The van der Waals surface area contributed by atoms with E-state index in [-0.39, 0.29) is 12.4 Å². The summed E-state index contributed by atoms with van der Waals surface area (Å²) in [5.41, 5.74) is 2.11. The second-order valence-corrected chi connectivity index (χ2v) is 7.47. The molecule has 0 amide bonds. The average molecular weight is 472 g/mol. The standard InChI is InChI=1S/C20H11Cl4N3.ClH/c21-11-5-7-13(16(24)9-11)19-25-17-4-2-1-3-14(17)20(27-19)26-18-10-12(22)6-8-15(18)23;/h1-10H,(H,25,26,27);1H. The Morgan fingerprint density at radius 2 is 1.43 bits per heavy atom. The fourth-order valence-corrected chi connectivity index (χ4v) is 3.51. The maximum absolute atomic E-state index is 6.35. The van der Waals surface area contributed by atoms with Crippen molar-refractivity contribution in [2.24, 2.45) is 0 Å². The lowest BCUT2D eigenvalue weighted by Gasteiger charge is -2.13. The van der Waals surface area contributed by atoms with Crippen LogP contribution < -0.4 is 5.32 Å². The molecule has 0 fully saturated rings. The topological polar surface area (TPSA) is 37.8 Å². The molecular formula is C20H12Cl5N3. The van der Waals surface area contributed by atoms with E-state index < -0.39 is 0 Å². The number of nitrogens with zero attached hydrogens (tertiary/aromatic N) is 2. The number of rotatable bonds is 3. The summed E-state index contributed by atoms with van der Waals surface area (Å²) < 4.78 is 0. The molecule has 1 heterocycles. The second-order valence-electron chi connectivity index (χ2n) is 5.79. The Balaban J connectivity index is 0.00000225. The summed E-state index contributed by atoms with van der Waals surface area (Å²) in [6, 6.07) is 18.1. The normalized spacial score (nSPS) is 10.6. The molecule has 3 aromatic carbocycles. The summed E-state index contributed by atoms with van der Waals surface area (Å²) in [5, 5.41) is 6.24. The highest BCUT2D eigenvalue weighted by atomic mass is 35.5. The third-order valence-corrected chi connectivity index (χ3v) is 5.07. The third-order valence-electron chi connectivity index (χ3n) is 3.96. The van der Waals surface area contributed by atoms with Gasteiger partial charge in [0.15, 0.2) is 5.82 Å². The Morgan fingerprint density at radius 1 is 0.714 bits per heavy atom. The first-order chi connectivity index (χ1) is 13.0. The van der Waals surface area contributed by atoms with Crippen LogP contribution in [-0.2, 0) is 0 Å². The number of anilines is 2. The zero-order valence-corrected chi connectivity index (χ0v) is 17.9. The van der Waals surface area contributed by atoms with Gasteiger partial charge in [0.05, 0.1) is 21.2 Å². The molecular weight excluding hydrogens is 460 g/mol. The van der Waals surface area contributed by atoms with E-state index in [1.165, 1.54) is 0 Å². The molecule has 0 atom stereocenters. The predicted molar refractivity (Wildman–Crippen MR) is 122 cm³/mol. The fourth-order valence-electron chi connectivity index (χ4n) is 2.68. The number of hydrogen-bond donors (Lipinski definition) is 1. The first-order valence-corrected chi connectivity index (χ1v) is 9.47. The van der Waals surface area contributed by atoms with Crippen molar-refractivity contribution < 1.29 is 0 Å². The molecule has 0 aliphatic heterocycles. The highest BCUT2D eigenvalue weighted by Crippen LogP contribution is 2.34. The van der Waals surface area contributed by atoms with E-state index in [0.717, 1.165) is 10.9 Å². The molecule has 0 aliphatic carbocycles. The van der Waals surface area contributed by atoms with Crippen molar-refractivity contribution in [1.82, 2.24) is 9.97 Å². The van der Waals surface area contributed by atoms with Crippen LogP contribution >= 0.6 is 58.8 Å². The zero-order chi connectivity index (χ0) is 19.0. The van der Waals surface area contributed by atoms with Crippen LogP contribution in [0.2, 0.25) is 20.1 Å². The van der Waals surface area contributed by atoms with Crippen LogP contribution in [0.4, 0.5) is 11.5 Å². The Kier molecular flexibility index (Phi) is 6.54. The van der Waals surface area contributed by atoms with E-state index in [4.69, 9.17) is 46.4 Å². The van der Waals surface area contributed by atoms with Gasteiger partial charge in [-0.3, -0.25) is 0 Å². The van der Waals surface area contributed by atoms with Gasteiger partial charge >= 0.3 is 0 Å². The lowest BCUT2D eigenvalue weighted by Crippen LogP contribution is -2.00. The van der Waals surface area contributed by atoms with E-state index in [1.807, 2.05) is 24.3 Å². The minimum atomic E-state index is 0. The second kappa shape index (κ2) is 8.73. The van der Waals surface area contributed by atoms with Crippen molar-refractivity contribution in [3.63, 3.8) is 0 Å².